The van der Waals surface area contributed by atoms with Crippen molar-refractivity contribution in [1.82, 2.24) is 10.2 Å². The van der Waals surface area contributed by atoms with Crippen LogP contribution in [0.3, 0.4) is 0 Å². The van der Waals surface area contributed by atoms with Crippen LogP contribution < -0.4 is 10.1 Å². The molecule has 0 unspecified atom stereocenters. The molecule has 0 radical (unpaired) electrons. The third kappa shape index (κ3) is 4.83. The van der Waals surface area contributed by atoms with Crippen molar-refractivity contribution < 1.29 is 23.0 Å². The first-order valence-corrected chi connectivity index (χ1v) is 7.64. The molecule has 1 atom stereocenters. The quantitative estimate of drug-likeness (QED) is 0.870. The Kier molecular flexibility index (Phi) is 5.54. The number of hydrogen-bond acceptors (Lipinski definition) is 4. The zero-order chi connectivity index (χ0) is 17.1. The van der Waals surface area contributed by atoms with Crippen molar-refractivity contribution in [3.63, 3.8) is 0 Å². The zero-order valence-corrected chi connectivity index (χ0v) is 13.4. The fourth-order valence-electron chi connectivity index (χ4n) is 3.03. The molecule has 0 spiro atoms. The van der Waals surface area contributed by atoms with Crippen molar-refractivity contribution in [2.24, 2.45) is 5.41 Å². The summed E-state index contributed by atoms with van der Waals surface area (Å²) in [4.78, 5) is 2.26. The van der Waals surface area contributed by atoms with E-state index in [0.717, 1.165) is 31.7 Å². The summed E-state index contributed by atoms with van der Waals surface area (Å²) >= 11 is 0. The van der Waals surface area contributed by atoms with Crippen LogP contribution in [0, 0.1) is 5.41 Å². The van der Waals surface area contributed by atoms with E-state index in [9.17, 15) is 18.3 Å². The Morgan fingerprint density at radius 2 is 1.74 bits per heavy atom. The van der Waals surface area contributed by atoms with E-state index in [2.05, 4.69) is 15.0 Å². The minimum atomic E-state index is -4.69. The van der Waals surface area contributed by atoms with Crippen LogP contribution in [0.1, 0.15) is 25.5 Å². The van der Waals surface area contributed by atoms with Crippen molar-refractivity contribution in [2.75, 3.05) is 32.8 Å². The third-order valence-corrected chi connectivity index (χ3v) is 4.09. The fraction of sp³-hybridized carbons (Fsp3) is 0.625. The summed E-state index contributed by atoms with van der Waals surface area (Å²) in [7, 11) is 0. The molecule has 1 aromatic carbocycles. The standard InChI is InChI=1S/C16H23F3N2O2/c1-15(2,11-22)14(21-9-7-20-8-10-21)12-3-5-13(6-4-12)23-16(17,18)19/h3-6,14,20,22H,7-11H2,1-2H3/t14-/m1/s1. The van der Waals surface area contributed by atoms with Crippen LogP contribution in [0.2, 0.25) is 0 Å². The van der Waals surface area contributed by atoms with E-state index in [1.165, 1.54) is 12.1 Å². The maximum absolute atomic E-state index is 12.3. The zero-order valence-electron chi connectivity index (χ0n) is 13.4. The highest BCUT2D eigenvalue weighted by molar-refractivity contribution is 5.30. The highest BCUT2D eigenvalue weighted by Gasteiger charge is 2.36. The monoisotopic (exact) mass is 332 g/mol. The van der Waals surface area contributed by atoms with Gasteiger partial charge >= 0.3 is 6.36 Å². The van der Waals surface area contributed by atoms with E-state index in [4.69, 9.17) is 0 Å². The fourth-order valence-corrected chi connectivity index (χ4v) is 3.03. The maximum atomic E-state index is 12.3. The second-order valence-electron chi connectivity index (χ2n) is 6.45. The van der Waals surface area contributed by atoms with Gasteiger partial charge in [0.1, 0.15) is 5.75 Å². The SMILES string of the molecule is CC(C)(CO)[C@@H](c1ccc(OC(F)(F)F)cc1)N1CCNCC1. The molecule has 2 rings (SSSR count). The smallest absolute Gasteiger partial charge is 0.406 e. The van der Waals surface area contributed by atoms with Gasteiger partial charge in [0.15, 0.2) is 0 Å². The topological polar surface area (TPSA) is 44.7 Å². The molecule has 1 aliphatic rings. The number of alkyl halides is 3. The number of benzene rings is 1. The Morgan fingerprint density at radius 1 is 1.17 bits per heavy atom. The summed E-state index contributed by atoms with van der Waals surface area (Å²) in [5.74, 6) is -0.234. The van der Waals surface area contributed by atoms with Crippen molar-refractivity contribution in [2.45, 2.75) is 26.3 Å². The Balaban J connectivity index is 2.24. The predicted octanol–water partition coefficient (Wildman–Crippen LogP) is 2.55. The van der Waals surface area contributed by atoms with Gasteiger partial charge in [-0.15, -0.1) is 13.2 Å². The van der Waals surface area contributed by atoms with E-state index in [-0.39, 0.29) is 18.4 Å². The average molecular weight is 332 g/mol. The number of hydrogen-bond donors (Lipinski definition) is 2. The van der Waals surface area contributed by atoms with Gasteiger partial charge in [0, 0.05) is 44.2 Å². The molecule has 1 fully saturated rings. The maximum Gasteiger partial charge on any atom is 0.573 e. The van der Waals surface area contributed by atoms with Crippen molar-refractivity contribution >= 4 is 0 Å². The first kappa shape index (κ1) is 18.0. The molecule has 0 amide bonds. The summed E-state index contributed by atoms with van der Waals surface area (Å²) in [6, 6.07) is 5.86. The van der Waals surface area contributed by atoms with E-state index in [1.807, 2.05) is 13.8 Å². The summed E-state index contributed by atoms with van der Waals surface area (Å²) in [5, 5.41) is 13.0. The number of piperazine rings is 1. The van der Waals surface area contributed by atoms with Crippen LogP contribution >= 0.6 is 0 Å². The van der Waals surface area contributed by atoms with Gasteiger partial charge in [-0.2, -0.15) is 0 Å². The Morgan fingerprint density at radius 3 is 2.22 bits per heavy atom. The number of ether oxygens (including phenoxy) is 1. The van der Waals surface area contributed by atoms with E-state index < -0.39 is 11.8 Å². The van der Waals surface area contributed by atoms with E-state index in [0.29, 0.717) is 0 Å². The Hall–Kier alpha value is -1.31. The van der Waals surface area contributed by atoms with Crippen molar-refractivity contribution in [3.8, 4) is 5.75 Å². The van der Waals surface area contributed by atoms with E-state index in [1.54, 1.807) is 12.1 Å². The molecule has 1 heterocycles. The molecule has 0 saturated carbocycles. The van der Waals surface area contributed by atoms with Gasteiger partial charge in [-0.05, 0) is 17.7 Å². The molecule has 2 N–H and O–H groups in total. The highest BCUT2D eigenvalue weighted by atomic mass is 19.4. The molecule has 1 aliphatic heterocycles. The molecule has 4 nitrogen and oxygen atoms in total. The van der Waals surface area contributed by atoms with Gasteiger partial charge in [-0.1, -0.05) is 26.0 Å². The molecular formula is C16H23F3N2O2. The van der Waals surface area contributed by atoms with Gasteiger partial charge < -0.3 is 15.2 Å². The Bertz CT molecular complexity index is 497. The summed E-state index contributed by atoms with van der Waals surface area (Å²) < 4.78 is 40.7. The molecular weight excluding hydrogens is 309 g/mol. The van der Waals surface area contributed by atoms with Crippen LogP contribution in [0.5, 0.6) is 5.75 Å². The van der Waals surface area contributed by atoms with Crippen molar-refractivity contribution in [1.29, 1.82) is 0 Å². The van der Waals surface area contributed by atoms with Crippen LogP contribution in [0.25, 0.3) is 0 Å². The van der Waals surface area contributed by atoms with Gasteiger partial charge in [0.25, 0.3) is 0 Å². The van der Waals surface area contributed by atoms with Gasteiger partial charge in [-0.3, -0.25) is 4.90 Å². The molecule has 0 bridgehead atoms. The lowest BCUT2D eigenvalue weighted by atomic mass is 9.79. The number of aliphatic hydroxyl groups is 1. The number of aliphatic hydroxyl groups excluding tert-OH is 1. The lowest BCUT2D eigenvalue weighted by Crippen LogP contribution is -2.49. The van der Waals surface area contributed by atoms with Gasteiger partial charge in [0.05, 0.1) is 0 Å². The van der Waals surface area contributed by atoms with E-state index >= 15 is 0 Å². The molecule has 7 heteroatoms. The summed E-state index contributed by atoms with van der Waals surface area (Å²) in [5.41, 5.74) is 0.462. The molecule has 0 aromatic heterocycles. The molecule has 1 saturated heterocycles. The predicted molar refractivity (Wildman–Crippen MR) is 81.2 cm³/mol. The minimum Gasteiger partial charge on any atom is -0.406 e. The number of nitrogens with one attached hydrogen (secondary N) is 1. The average Bonchev–Trinajstić information content (AvgIpc) is 2.49. The lowest BCUT2D eigenvalue weighted by molar-refractivity contribution is -0.274. The minimum absolute atomic E-state index is 0.0115. The number of nitrogens with zero attached hydrogens (tertiary/aromatic N) is 1. The largest absolute Gasteiger partial charge is 0.573 e. The van der Waals surface area contributed by atoms with Crippen LogP contribution in [0.15, 0.2) is 24.3 Å². The van der Waals surface area contributed by atoms with Gasteiger partial charge in [-0.25, -0.2) is 0 Å². The normalized spacial score (nSPS) is 18.7. The highest BCUT2D eigenvalue weighted by Crippen LogP contribution is 2.39. The molecule has 130 valence electrons. The first-order valence-electron chi connectivity index (χ1n) is 7.64. The Labute approximate surface area is 134 Å². The first-order chi connectivity index (χ1) is 10.7. The van der Waals surface area contributed by atoms with Crippen LogP contribution in [-0.4, -0.2) is 49.2 Å². The van der Waals surface area contributed by atoms with Gasteiger partial charge in [0.2, 0.25) is 0 Å². The summed E-state index contributed by atoms with van der Waals surface area (Å²) in [6.07, 6.45) is -4.69. The van der Waals surface area contributed by atoms with Crippen molar-refractivity contribution in [3.05, 3.63) is 29.8 Å². The third-order valence-electron chi connectivity index (χ3n) is 4.09. The second kappa shape index (κ2) is 7.07. The lowest BCUT2D eigenvalue weighted by Gasteiger charge is -2.43. The number of rotatable bonds is 5. The summed E-state index contributed by atoms with van der Waals surface area (Å²) in [6.45, 7) is 7.27. The van der Waals surface area contributed by atoms with Crippen LogP contribution in [0.4, 0.5) is 13.2 Å². The molecule has 23 heavy (non-hydrogen) atoms. The molecule has 0 aliphatic carbocycles. The number of halogens is 3. The van der Waals surface area contributed by atoms with Crippen LogP contribution in [-0.2, 0) is 0 Å². The second-order valence-corrected chi connectivity index (χ2v) is 6.45. The molecule has 1 aromatic rings.